The molecule has 1 amide bonds. The molecule has 0 unspecified atom stereocenters. The molecule has 0 bridgehead atoms. The summed E-state index contributed by atoms with van der Waals surface area (Å²) in [4.78, 5) is 39.4. The van der Waals surface area contributed by atoms with Crippen LogP contribution in [0.15, 0.2) is 47.9 Å². The lowest BCUT2D eigenvalue weighted by Crippen LogP contribution is -2.61. The van der Waals surface area contributed by atoms with E-state index in [0.29, 0.717) is 59.8 Å². The van der Waals surface area contributed by atoms with Crippen LogP contribution in [0.4, 0.5) is 14.6 Å². The minimum atomic E-state index is -1.02. The summed E-state index contributed by atoms with van der Waals surface area (Å²) in [5.74, 6) is -1.48. The quantitative estimate of drug-likeness (QED) is 0.245. The van der Waals surface area contributed by atoms with Gasteiger partial charge in [-0.1, -0.05) is 38.1 Å². The Morgan fingerprint density at radius 3 is 2.58 bits per heavy atom. The molecule has 4 aromatic rings. The summed E-state index contributed by atoms with van der Waals surface area (Å²) in [6, 6.07) is 6.05. The van der Waals surface area contributed by atoms with Crippen LogP contribution >= 0.6 is 11.6 Å². The monoisotopic (exact) mass is 631 g/mol. The standard InChI is InChI=1S/C34H32ClF2N5O3/c1-5-24(43)41-16-34(17-41)9-12-40(13-10-34)32-21-14-22(35)26-25-20(6-7-23(36)27(25)37)15-45-31(26)30(21)42(33(44)39-32)29-19(4)8-11-38-28(29)18(2)3/h5-8,11,14,18H,1,9-10,12-13,15-17H2,2-4H3. The van der Waals surface area contributed by atoms with Crippen molar-refractivity contribution < 1.29 is 18.3 Å². The van der Waals surface area contributed by atoms with Crippen molar-refractivity contribution in [1.82, 2.24) is 19.4 Å². The molecule has 2 aromatic heterocycles. The highest BCUT2D eigenvalue weighted by Gasteiger charge is 2.46. The van der Waals surface area contributed by atoms with Gasteiger partial charge in [0, 0.05) is 59.9 Å². The fraction of sp³-hybridized carbons (Fsp3) is 0.353. The number of anilines is 1. The first-order valence-electron chi connectivity index (χ1n) is 15.0. The second-order valence-corrected chi connectivity index (χ2v) is 13.0. The average molecular weight is 632 g/mol. The molecule has 1 spiro atoms. The summed E-state index contributed by atoms with van der Waals surface area (Å²) in [5, 5.41) is 0.721. The maximum Gasteiger partial charge on any atom is 0.354 e. The van der Waals surface area contributed by atoms with Gasteiger partial charge in [-0.15, -0.1) is 0 Å². The second kappa shape index (κ2) is 10.7. The Labute approximate surface area is 263 Å². The molecule has 0 N–H and O–H groups in total. The van der Waals surface area contributed by atoms with E-state index in [1.807, 2.05) is 26.8 Å². The third-order valence-corrected chi connectivity index (χ3v) is 9.75. The predicted octanol–water partition coefficient (Wildman–Crippen LogP) is 6.32. The molecule has 0 aliphatic carbocycles. The van der Waals surface area contributed by atoms with Crippen molar-refractivity contribution in [1.29, 1.82) is 0 Å². The Morgan fingerprint density at radius 2 is 1.89 bits per heavy atom. The lowest BCUT2D eigenvalue weighted by molar-refractivity contribution is -0.139. The number of amides is 1. The van der Waals surface area contributed by atoms with Crippen LogP contribution in [0.2, 0.25) is 5.02 Å². The smallest absolute Gasteiger partial charge is 0.354 e. The third-order valence-electron chi connectivity index (χ3n) is 9.45. The van der Waals surface area contributed by atoms with Gasteiger partial charge in [-0.2, -0.15) is 4.98 Å². The van der Waals surface area contributed by atoms with Crippen LogP contribution in [0.25, 0.3) is 27.7 Å². The summed E-state index contributed by atoms with van der Waals surface area (Å²) in [5.41, 5.74) is 2.58. The molecule has 2 aromatic carbocycles. The number of hydrogen-bond donors (Lipinski definition) is 0. The number of benzene rings is 2. The number of ether oxygens (including phenoxy) is 1. The number of aromatic nitrogens is 3. The Bertz CT molecular complexity index is 1980. The summed E-state index contributed by atoms with van der Waals surface area (Å²) in [6.45, 7) is 12.0. The number of carbonyl (C=O) groups is 1. The summed E-state index contributed by atoms with van der Waals surface area (Å²) >= 11 is 6.91. The molecule has 0 radical (unpaired) electrons. The largest absolute Gasteiger partial charge is 0.486 e. The lowest BCUT2D eigenvalue weighted by Gasteiger charge is -2.54. The Kier molecular flexibility index (Phi) is 6.96. The number of hydrogen-bond acceptors (Lipinski definition) is 6. The third kappa shape index (κ3) is 4.52. The van der Waals surface area contributed by atoms with Crippen LogP contribution in [0.3, 0.4) is 0 Å². The van der Waals surface area contributed by atoms with E-state index in [-0.39, 0.29) is 45.7 Å². The fourth-order valence-corrected chi connectivity index (χ4v) is 7.39. The van der Waals surface area contributed by atoms with Gasteiger partial charge in [0.05, 0.1) is 16.4 Å². The maximum absolute atomic E-state index is 15.4. The molecule has 8 nitrogen and oxygen atoms in total. The van der Waals surface area contributed by atoms with Gasteiger partial charge in [-0.05, 0) is 55.5 Å². The van der Waals surface area contributed by atoms with Gasteiger partial charge in [-0.3, -0.25) is 14.3 Å². The van der Waals surface area contributed by atoms with Gasteiger partial charge in [0.2, 0.25) is 5.91 Å². The van der Waals surface area contributed by atoms with Crippen molar-refractivity contribution in [2.75, 3.05) is 31.1 Å². The zero-order chi connectivity index (χ0) is 31.8. The lowest BCUT2D eigenvalue weighted by atomic mass is 9.72. The molecule has 2 saturated heterocycles. The first-order valence-corrected chi connectivity index (χ1v) is 15.4. The topological polar surface area (TPSA) is 80.6 Å². The molecule has 7 rings (SSSR count). The van der Waals surface area contributed by atoms with E-state index >= 15 is 4.39 Å². The maximum atomic E-state index is 15.4. The number of piperidine rings is 1. The number of aryl methyl sites for hydroxylation is 1. The molecular formula is C34H32ClF2N5O3. The number of likely N-dealkylation sites (tertiary alicyclic amines) is 1. The van der Waals surface area contributed by atoms with Crippen molar-refractivity contribution in [3.8, 4) is 22.6 Å². The molecular weight excluding hydrogens is 600 g/mol. The first kappa shape index (κ1) is 29.4. The van der Waals surface area contributed by atoms with Crippen molar-refractivity contribution >= 4 is 34.2 Å². The molecule has 2 fully saturated rings. The van der Waals surface area contributed by atoms with E-state index in [9.17, 15) is 14.0 Å². The summed E-state index contributed by atoms with van der Waals surface area (Å²) in [6.07, 6.45) is 4.67. The highest BCUT2D eigenvalue weighted by atomic mass is 35.5. The normalized spacial score (nSPS) is 16.8. The van der Waals surface area contributed by atoms with E-state index in [1.54, 1.807) is 17.2 Å². The zero-order valence-corrected chi connectivity index (χ0v) is 26.0. The minimum Gasteiger partial charge on any atom is -0.486 e. The summed E-state index contributed by atoms with van der Waals surface area (Å²) in [7, 11) is 0. The molecule has 232 valence electrons. The minimum absolute atomic E-state index is 0.0180. The van der Waals surface area contributed by atoms with Crippen LogP contribution in [0.1, 0.15) is 49.4 Å². The number of rotatable bonds is 4. The molecule has 3 aliphatic rings. The van der Waals surface area contributed by atoms with Crippen LogP contribution in [0, 0.1) is 24.0 Å². The average Bonchev–Trinajstić information content (AvgIpc) is 3.01. The molecule has 0 atom stereocenters. The molecule has 45 heavy (non-hydrogen) atoms. The van der Waals surface area contributed by atoms with Crippen molar-refractivity contribution in [3.05, 3.63) is 87.1 Å². The SMILES string of the molecule is C=CC(=O)N1CC2(CCN(c3nc(=O)n(-c4c(C)ccnc4C(C)C)c4c5c(c(Cl)cc34)-c3c(ccc(F)c3F)CO5)CC2)C1. The van der Waals surface area contributed by atoms with E-state index in [1.165, 1.54) is 16.7 Å². The fourth-order valence-electron chi connectivity index (χ4n) is 7.10. The van der Waals surface area contributed by atoms with Gasteiger partial charge in [0.1, 0.15) is 17.9 Å². The van der Waals surface area contributed by atoms with Crippen LogP contribution < -0.4 is 15.3 Å². The van der Waals surface area contributed by atoms with Gasteiger partial charge in [0.25, 0.3) is 0 Å². The molecule has 0 saturated carbocycles. The van der Waals surface area contributed by atoms with Gasteiger partial charge in [-0.25, -0.2) is 13.6 Å². The molecule has 3 aliphatic heterocycles. The molecule has 11 heteroatoms. The van der Waals surface area contributed by atoms with Crippen molar-refractivity contribution in [3.63, 3.8) is 0 Å². The van der Waals surface area contributed by atoms with Crippen molar-refractivity contribution in [2.45, 2.75) is 46.1 Å². The number of carbonyl (C=O) groups excluding carboxylic acids is 1. The number of halogens is 3. The van der Waals surface area contributed by atoms with Crippen LogP contribution in [-0.2, 0) is 11.4 Å². The first-order chi connectivity index (χ1) is 21.5. The molecule has 5 heterocycles. The van der Waals surface area contributed by atoms with Gasteiger partial charge >= 0.3 is 5.69 Å². The van der Waals surface area contributed by atoms with Gasteiger partial charge in [0.15, 0.2) is 17.4 Å². The Morgan fingerprint density at radius 1 is 1.16 bits per heavy atom. The van der Waals surface area contributed by atoms with Gasteiger partial charge < -0.3 is 14.5 Å². The van der Waals surface area contributed by atoms with Crippen molar-refractivity contribution in [2.24, 2.45) is 5.41 Å². The zero-order valence-electron chi connectivity index (χ0n) is 25.3. The Balaban J connectivity index is 1.45. The number of fused-ring (bicyclic) bond motifs is 5. The van der Waals surface area contributed by atoms with E-state index in [2.05, 4.69) is 21.4 Å². The van der Waals surface area contributed by atoms with E-state index in [4.69, 9.17) is 16.3 Å². The predicted molar refractivity (Wildman–Crippen MR) is 169 cm³/mol. The Hall–Kier alpha value is -4.31. The van der Waals surface area contributed by atoms with Crippen LogP contribution in [0.5, 0.6) is 5.75 Å². The highest BCUT2D eigenvalue weighted by Crippen LogP contribution is 2.50. The second-order valence-electron chi connectivity index (χ2n) is 12.6. The van der Waals surface area contributed by atoms with E-state index < -0.39 is 17.3 Å². The van der Waals surface area contributed by atoms with Crippen LogP contribution in [-0.4, -0.2) is 51.5 Å². The van der Waals surface area contributed by atoms with E-state index in [0.717, 1.165) is 24.5 Å². The highest BCUT2D eigenvalue weighted by molar-refractivity contribution is 6.35. The number of pyridine rings is 1. The number of nitrogens with zero attached hydrogens (tertiary/aromatic N) is 5. The summed E-state index contributed by atoms with van der Waals surface area (Å²) < 4.78 is 37.8.